The van der Waals surface area contributed by atoms with Crippen molar-refractivity contribution in [1.82, 2.24) is 9.88 Å². The highest BCUT2D eigenvalue weighted by molar-refractivity contribution is 6.05. The Labute approximate surface area is 160 Å². The number of likely N-dealkylation sites (tertiary alicyclic amines) is 1. The van der Waals surface area contributed by atoms with E-state index in [1.807, 2.05) is 29.2 Å². The smallest absolute Gasteiger partial charge is 0.257 e. The normalized spacial score (nSPS) is 17.0. The largest absolute Gasteiger partial charge is 0.338 e. The molecule has 1 unspecified atom stereocenters. The van der Waals surface area contributed by atoms with E-state index in [0.29, 0.717) is 23.0 Å². The molecule has 3 rings (SSSR count). The molecule has 0 aliphatic carbocycles. The van der Waals surface area contributed by atoms with Gasteiger partial charge in [0.05, 0.1) is 11.1 Å². The lowest BCUT2D eigenvalue weighted by atomic mass is 9.99. The van der Waals surface area contributed by atoms with Gasteiger partial charge in [-0.05, 0) is 48.4 Å². The molecule has 0 bridgehead atoms. The molecule has 5 nitrogen and oxygen atoms in total. The first-order valence-corrected chi connectivity index (χ1v) is 9.59. The highest BCUT2D eigenvalue weighted by atomic mass is 16.2. The molecular weight excluding hydrogens is 338 g/mol. The number of carbonyl (C=O) groups excluding carboxylic acids is 2. The number of nitrogens with zero attached hydrogens (tertiary/aromatic N) is 2. The number of rotatable bonds is 4. The Morgan fingerprint density at radius 1 is 1.15 bits per heavy atom. The van der Waals surface area contributed by atoms with Crippen molar-refractivity contribution in [2.45, 2.75) is 39.5 Å². The van der Waals surface area contributed by atoms with E-state index in [1.54, 1.807) is 6.07 Å². The molecule has 1 aliphatic rings. The lowest BCUT2D eigenvalue weighted by Crippen LogP contribution is -2.39. The highest BCUT2D eigenvalue weighted by Gasteiger charge is 2.23. The van der Waals surface area contributed by atoms with Crippen molar-refractivity contribution in [3.63, 3.8) is 0 Å². The number of nitrogens with one attached hydrogen (secondary N) is 1. The van der Waals surface area contributed by atoms with Gasteiger partial charge in [0.1, 0.15) is 0 Å². The van der Waals surface area contributed by atoms with Crippen molar-refractivity contribution in [2.75, 3.05) is 18.4 Å². The summed E-state index contributed by atoms with van der Waals surface area (Å²) in [5, 5.41) is 2.87. The molecule has 0 saturated carbocycles. The van der Waals surface area contributed by atoms with Crippen LogP contribution in [-0.4, -0.2) is 34.8 Å². The van der Waals surface area contributed by atoms with Crippen LogP contribution in [0.2, 0.25) is 0 Å². The van der Waals surface area contributed by atoms with Crippen LogP contribution in [-0.2, 0) is 0 Å². The Bertz CT molecular complexity index is 815. The van der Waals surface area contributed by atoms with E-state index in [0.717, 1.165) is 31.6 Å². The van der Waals surface area contributed by atoms with Crippen LogP contribution in [0.25, 0.3) is 0 Å². The minimum absolute atomic E-state index is 0.0509. The number of carbonyl (C=O) groups is 2. The molecule has 2 amide bonds. The maximum Gasteiger partial charge on any atom is 0.257 e. The average molecular weight is 365 g/mol. The summed E-state index contributed by atoms with van der Waals surface area (Å²) in [5.41, 5.74) is 2.80. The van der Waals surface area contributed by atoms with Crippen LogP contribution in [0.15, 0.2) is 42.7 Å². The molecule has 2 aromatic rings. The molecule has 27 heavy (non-hydrogen) atoms. The molecule has 0 radical (unpaired) electrons. The van der Waals surface area contributed by atoms with Crippen molar-refractivity contribution in [1.29, 1.82) is 0 Å². The monoisotopic (exact) mass is 365 g/mol. The van der Waals surface area contributed by atoms with Crippen LogP contribution in [0.1, 0.15) is 65.8 Å². The fourth-order valence-corrected chi connectivity index (χ4v) is 3.39. The zero-order valence-corrected chi connectivity index (χ0v) is 16.2. The first-order valence-electron chi connectivity index (χ1n) is 9.59. The minimum atomic E-state index is -0.263. The first-order chi connectivity index (χ1) is 12.9. The van der Waals surface area contributed by atoms with Gasteiger partial charge >= 0.3 is 0 Å². The Morgan fingerprint density at radius 2 is 1.85 bits per heavy atom. The van der Waals surface area contributed by atoms with E-state index >= 15 is 0 Å². The number of hydrogen-bond donors (Lipinski definition) is 1. The minimum Gasteiger partial charge on any atom is -0.338 e. The number of piperidine rings is 1. The standard InChI is InChI=1S/C22H27N3O2/c1-15(2)17-6-8-20(9-7-17)24-21(26)18-11-19(13-23-12-18)22(27)25-10-4-5-16(3)14-25/h6-9,11-13,15-16H,4-5,10,14H2,1-3H3,(H,24,26). The molecule has 1 saturated heterocycles. The summed E-state index contributed by atoms with van der Waals surface area (Å²) < 4.78 is 0. The number of benzene rings is 1. The Morgan fingerprint density at radius 3 is 2.52 bits per heavy atom. The zero-order chi connectivity index (χ0) is 19.4. The van der Waals surface area contributed by atoms with Crippen molar-refractivity contribution in [3.05, 3.63) is 59.4 Å². The van der Waals surface area contributed by atoms with E-state index < -0.39 is 0 Å². The lowest BCUT2D eigenvalue weighted by molar-refractivity contribution is 0.0682. The third kappa shape index (κ3) is 4.73. The summed E-state index contributed by atoms with van der Waals surface area (Å²) in [4.78, 5) is 31.3. The molecule has 142 valence electrons. The molecule has 1 aromatic heterocycles. The summed E-state index contributed by atoms with van der Waals surface area (Å²) in [7, 11) is 0. The van der Waals surface area contributed by atoms with Crippen molar-refractivity contribution in [3.8, 4) is 0 Å². The first kappa shape index (κ1) is 19.1. The van der Waals surface area contributed by atoms with Crippen LogP contribution >= 0.6 is 0 Å². The number of pyridine rings is 1. The van der Waals surface area contributed by atoms with Crippen LogP contribution in [0, 0.1) is 5.92 Å². The zero-order valence-electron chi connectivity index (χ0n) is 16.2. The third-order valence-electron chi connectivity index (χ3n) is 5.03. The predicted octanol–water partition coefficient (Wildman–Crippen LogP) is 4.33. The number of hydrogen-bond acceptors (Lipinski definition) is 3. The second-order valence-corrected chi connectivity index (χ2v) is 7.69. The van der Waals surface area contributed by atoms with E-state index in [4.69, 9.17) is 0 Å². The molecule has 1 aromatic carbocycles. The molecule has 2 heterocycles. The summed E-state index contributed by atoms with van der Waals surface area (Å²) in [6, 6.07) is 9.44. The molecular formula is C22H27N3O2. The van der Waals surface area contributed by atoms with Crippen LogP contribution < -0.4 is 5.32 Å². The third-order valence-corrected chi connectivity index (χ3v) is 5.03. The number of aromatic nitrogens is 1. The van der Waals surface area contributed by atoms with Gasteiger partial charge in [0, 0.05) is 31.2 Å². The van der Waals surface area contributed by atoms with Gasteiger partial charge in [0.15, 0.2) is 0 Å². The summed E-state index contributed by atoms with van der Waals surface area (Å²) >= 11 is 0. The predicted molar refractivity (Wildman–Crippen MR) is 107 cm³/mol. The second-order valence-electron chi connectivity index (χ2n) is 7.69. The average Bonchev–Trinajstić information content (AvgIpc) is 2.68. The fraction of sp³-hybridized carbons (Fsp3) is 0.409. The van der Waals surface area contributed by atoms with Crippen molar-refractivity contribution >= 4 is 17.5 Å². The molecule has 5 heteroatoms. The summed E-state index contributed by atoms with van der Waals surface area (Å²) in [6.07, 6.45) is 5.20. The highest BCUT2D eigenvalue weighted by Crippen LogP contribution is 2.19. The van der Waals surface area contributed by atoms with Gasteiger partial charge in [-0.3, -0.25) is 14.6 Å². The van der Waals surface area contributed by atoms with Crippen LogP contribution in [0.3, 0.4) is 0 Å². The quantitative estimate of drug-likeness (QED) is 0.877. The Kier molecular flexibility index (Phi) is 5.89. The Balaban J connectivity index is 1.70. The van der Waals surface area contributed by atoms with E-state index in [1.165, 1.54) is 18.0 Å². The van der Waals surface area contributed by atoms with Crippen molar-refractivity contribution < 1.29 is 9.59 Å². The lowest BCUT2D eigenvalue weighted by Gasteiger charge is -2.30. The fourth-order valence-electron chi connectivity index (χ4n) is 3.39. The second kappa shape index (κ2) is 8.33. The summed E-state index contributed by atoms with van der Waals surface area (Å²) in [6.45, 7) is 7.95. The van der Waals surface area contributed by atoms with Crippen LogP contribution in [0.5, 0.6) is 0 Å². The number of amides is 2. The van der Waals surface area contributed by atoms with Gasteiger partial charge in [-0.15, -0.1) is 0 Å². The molecule has 0 spiro atoms. The van der Waals surface area contributed by atoms with Gasteiger partial charge in [0.25, 0.3) is 11.8 Å². The van der Waals surface area contributed by atoms with Gasteiger partial charge < -0.3 is 10.2 Å². The van der Waals surface area contributed by atoms with Gasteiger partial charge in [-0.25, -0.2) is 0 Å². The summed E-state index contributed by atoms with van der Waals surface area (Å²) in [5.74, 6) is 0.640. The van der Waals surface area contributed by atoms with Gasteiger partial charge in [-0.2, -0.15) is 0 Å². The van der Waals surface area contributed by atoms with Gasteiger partial charge in [0.2, 0.25) is 0 Å². The SMILES string of the molecule is CC1CCCN(C(=O)c2cncc(C(=O)Nc3ccc(C(C)C)cc3)c2)C1. The van der Waals surface area contributed by atoms with E-state index in [-0.39, 0.29) is 11.8 Å². The molecule has 1 fully saturated rings. The molecule has 1 N–H and O–H groups in total. The van der Waals surface area contributed by atoms with Gasteiger partial charge in [-0.1, -0.05) is 32.9 Å². The maximum absolute atomic E-state index is 12.7. The van der Waals surface area contributed by atoms with Crippen LogP contribution in [0.4, 0.5) is 5.69 Å². The molecule has 1 aliphatic heterocycles. The Hall–Kier alpha value is -2.69. The van der Waals surface area contributed by atoms with Crippen molar-refractivity contribution in [2.24, 2.45) is 5.92 Å². The molecule has 1 atom stereocenters. The maximum atomic E-state index is 12.7. The topological polar surface area (TPSA) is 62.3 Å². The van der Waals surface area contributed by atoms with E-state index in [9.17, 15) is 9.59 Å². The van der Waals surface area contributed by atoms with E-state index in [2.05, 4.69) is 31.1 Å². The number of anilines is 1.